The first-order valence-electron chi connectivity index (χ1n) is 8.83. The van der Waals surface area contributed by atoms with Gasteiger partial charge in [0.15, 0.2) is 0 Å². The van der Waals surface area contributed by atoms with Crippen LogP contribution in [-0.2, 0) is 4.79 Å². The van der Waals surface area contributed by atoms with Crippen LogP contribution in [0, 0.1) is 12.7 Å². The highest BCUT2D eigenvalue weighted by atomic mass is 35.5. The van der Waals surface area contributed by atoms with Gasteiger partial charge in [0, 0.05) is 36.9 Å². The van der Waals surface area contributed by atoms with E-state index in [0.29, 0.717) is 17.4 Å². The molecule has 1 fully saturated rings. The zero-order chi connectivity index (χ0) is 19.1. The van der Waals surface area contributed by atoms with Crippen LogP contribution >= 0.6 is 11.6 Å². The summed E-state index contributed by atoms with van der Waals surface area (Å²) in [6.45, 7) is 5.48. The number of carbonyl (C=O) groups is 2. The van der Waals surface area contributed by atoms with E-state index in [2.05, 4.69) is 16.7 Å². The van der Waals surface area contributed by atoms with Crippen LogP contribution in [0.5, 0.6) is 0 Å². The number of amides is 1. The minimum atomic E-state index is -0.641. The lowest BCUT2D eigenvalue weighted by atomic mass is 10.1. The molecule has 7 heteroatoms. The number of nitrogens with zero attached hydrogens (tertiary/aromatic N) is 3. The van der Waals surface area contributed by atoms with Crippen LogP contribution in [0.1, 0.15) is 15.9 Å². The Bertz CT molecular complexity index is 925. The fourth-order valence-corrected chi connectivity index (χ4v) is 3.83. The summed E-state index contributed by atoms with van der Waals surface area (Å²) in [7, 11) is 0. The maximum atomic E-state index is 13.4. The van der Waals surface area contributed by atoms with Gasteiger partial charge in [0.25, 0.3) is 5.78 Å². The van der Waals surface area contributed by atoms with Gasteiger partial charge in [-0.2, -0.15) is 0 Å². The number of rotatable bonds is 3. The third kappa shape index (κ3) is 3.31. The summed E-state index contributed by atoms with van der Waals surface area (Å²) in [5.74, 6) is -1.75. The van der Waals surface area contributed by atoms with E-state index >= 15 is 0 Å². The quantitative estimate of drug-likeness (QED) is 0.759. The largest absolute Gasteiger partial charge is 0.369 e. The second kappa shape index (κ2) is 6.94. The monoisotopic (exact) mass is 387 g/mol. The number of piperazine rings is 1. The molecule has 2 aromatic rings. The van der Waals surface area contributed by atoms with Crippen LogP contribution in [0.25, 0.3) is 0 Å². The van der Waals surface area contributed by atoms with Crippen molar-refractivity contribution in [2.75, 3.05) is 42.6 Å². The SMILES string of the molecule is Cc1ccc(Cl)cc1N1CCN(CN2C(=O)C(=O)c3cc(F)ccc32)CC1. The standard InChI is InChI=1S/C20H19ClFN3O2/c1-13-2-3-14(21)10-18(13)24-8-6-23(7-9-24)12-25-17-5-4-15(22)11-16(17)19(26)20(25)27/h2-5,10-11H,6-9,12H2,1H3. The number of anilines is 2. The van der Waals surface area contributed by atoms with E-state index in [1.54, 1.807) is 0 Å². The summed E-state index contributed by atoms with van der Waals surface area (Å²) >= 11 is 6.13. The van der Waals surface area contributed by atoms with Crippen LogP contribution in [-0.4, -0.2) is 49.4 Å². The number of benzene rings is 2. The molecule has 2 aromatic carbocycles. The molecule has 140 valence electrons. The molecule has 1 amide bonds. The average Bonchev–Trinajstić information content (AvgIpc) is 2.89. The van der Waals surface area contributed by atoms with E-state index in [1.807, 2.05) is 18.2 Å². The lowest BCUT2D eigenvalue weighted by Gasteiger charge is -2.38. The van der Waals surface area contributed by atoms with Crippen molar-refractivity contribution >= 4 is 34.7 Å². The first kappa shape index (κ1) is 17.9. The van der Waals surface area contributed by atoms with Gasteiger partial charge in [-0.25, -0.2) is 4.39 Å². The number of carbonyl (C=O) groups excluding carboxylic acids is 2. The summed E-state index contributed by atoms with van der Waals surface area (Å²) < 4.78 is 13.4. The number of ketones is 1. The number of aryl methyl sites for hydroxylation is 1. The molecule has 0 aliphatic carbocycles. The highest BCUT2D eigenvalue weighted by Crippen LogP contribution is 2.30. The summed E-state index contributed by atoms with van der Waals surface area (Å²) in [5.41, 5.74) is 2.92. The highest BCUT2D eigenvalue weighted by Gasteiger charge is 2.37. The molecule has 4 rings (SSSR count). The molecule has 0 N–H and O–H groups in total. The maximum Gasteiger partial charge on any atom is 0.300 e. The molecular weight excluding hydrogens is 369 g/mol. The predicted octanol–water partition coefficient (Wildman–Crippen LogP) is 3.10. The fraction of sp³-hybridized carbons (Fsp3) is 0.300. The van der Waals surface area contributed by atoms with Gasteiger partial charge >= 0.3 is 5.91 Å². The van der Waals surface area contributed by atoms with Crippen molar-refractivity contribution in [1.82, 2.24) is 4.90 Å². The Hall–Kier alpha value is -2.44. The number of fused-ring (bicyclic) bond motifs is 1. The molecule has 2 aliphatic heterocycles. The van der Waals surface area contributed by atoms with Crippen LogP contribution in [0.15, 0.2) is 36.4 Å². The van der Waals surface area contributed by atoms with Crippen molar-refractivity contribution in [2.24, 2.45) is 0 Å². The Labute approximate surface area is 161 Å². The van der Waals surface area contributed by atoms with Gasteiger partial charge in [-0.15, -0.1) is 0 Å². The summed E-state index contributed by atoms with van der Waals surface area (Å²) in [4.78, 5) is 30.3. The van der Waals surface area contributed by atoms with Crippen LogP contribution < -0.4 is 9.80 Å². The maximum absolute atomic E-state index is 13.4. The lowest BCUT2D eigenvalue weighted by molar-refractivity contribution is -0.114. The molecule has 27 heavy (non-hydrogen) atoms. The molecule has 1 saturated heterocycles. The normalized spacial score (nSPS) is 17.6. The van der Waals surface area contributed by atoms with Gasteiger partial charge in [0.05, 0.1) is 17.9 Å². The topological polar surface area (TPSA) is 43.9 Å². The molecular formula is C20H19ClFN3O2. The number of hydrogen-bond donors (Lipinski definition) is 0. The van der Waals surface area contributed by atoms with Crippen LogP contribution in [0.3, 0.4) is 0 Å². The summed E-state index contributed by atoms with van der Waals surface area (Å²) in [6.07, 6.45) is 0. The van der Waals surface area contributed by atoms with Crippen LogP contribution in [0.4, 0.5) is 15.8 Å². The lowest BCUT2D eigenvalue weighted by Crippen LogP contribution is -2.51. The number of hydrogen-bond acceptors (Lipinski definition) is 4. The Balaban J connectivity index is 1.45. The molecule has 5 nitrogen and oxygen atoms in total. The Morgan fingerprint density at radius 3 is 2.48 bits per heavy atom. The first-order chi connectivity index (χ1) is 12.9. The minimum absolute atomic E-state index is 0.146. The number of halogens is 2. The average molecular weight is 388 g/mol. The minimum Gasteiger partial charge on any atom is -0.369 e. The smallest absolute Gasteiger partial charge is 0.300 e. The van der Waals surface area contributed by atoms with Crippen molar-refractivity contribution in [2.45, 2.75) is 6.92 Å². The van der Waals surface area contributed by atoms with Crippen molar-refractivity contribution in [3.8, 4) is 0 Å². The molecule has 0 aromatic heterocycles. The molecule has 0 spiro atoms. The summed E-state index contributed by atoms with van der Waals surface area (Å²) in [6, 6.07) is 9.77. The van der Waals surface area contributed by atoms with Crippen LogP contribution in [0.2, 0.25) is 5.02 Å². The molecule has 0 saturated carbocycles. The highest BCUT2D eigenvalue weighted by molar-refractivity contribution is 6.52. The second-order valence-corrected chi connectivity index (χ2v) is 7.34. The van der Waals surface area contributed by atoms with Crippen molar-refractivity contribution in [3.05, 3.63) is 58.4 Å². The van der Waals surface area contributed by atoms with Gasteiger partial charge in [-0.05, 0) is 42.8 Å². The van der Waals surface area contributed by atoms with Gasteiger partial charge < -0.3 is 4.90 Å². The van der Waals surface area contributed by atoms with E-state index < -0.39 is 17.5 Å². The Morgan fingerprint density at radius 1 is 1.00 bits per heavy atom. The van der Waals surface area contributed by atoms with Crippen molar-refractivity contribution < 1.29 is 14.0 Å². The third-order valence-electron chi connectivity index (χ3n) is 5.16. The van der Waals surface area contributed by atoms with Gasteiger partial charge in [-0.3, -0.25) is 19.4 Å². The van der Waals surface area contributed by atoms with Gasteiger partial charge in [0.2, 0.25) is 0 Å². The predicted molar refractivity (Wildman–Crippen MR) is 103 cm³/mol. The van der Waals surface area contributed by atoms with Gasteiger partial charge in [0.1, 0.15) is 5.82 Å². The van der Waals surface area contributed by atoms with Crippen molar-refractivity contribution in [1.29, 1.82) is 0 Å². The number of Topliss-reactive ketones (excluding diaryl/α,β-unsaturated/α-hetero) is 1. The second-order valence-electron chi connectivity index (χ2n) is 6.90. The summed E-state index contributed by atoms with van der Waals surface area (Å²) in [5, 5.41) is 0.711. The van der Waals surface area contributed by atoms with Crippen molar-refractivity contribution in [3.63, 3.8) is 0 Å². The van der Waals surface area contributed by atoms with E-state index in [4.69, 9.17) is 11.6 Å². The van der Waals surface area contributed by atoms with E-state index in [1.165, 1.54) is 22.6 Å². The molecule has 0 unspecified atom stereocenters. The molecule has 0 radical (unpaired) electrons. The Morgan fingerprint density at radius 2 is 1.74 bits per heavy atom. The molecule has 0 atom stereocenters. The zero-order valence-electron chi connectivity index (χ0n) is 14.9. The van der Waals surface area contributed by atoms with E-state index in [-0.39, 0.29) is 5.56 Å². The molecule has 2 heterocycles. The first-order valence-corrected chi connectivity index (χ1v) is 9.21. The Kier molecular flexibility index (Phi) is 4.61. The third-order valence-corrected chi connectivity index (χ3v) is 5.39. The van der Waals surface area contributed by atoms with E-state index in [9.17, 15) is 14.0 Å². The van der Waals surface area contributed by atoms with Gasteiger partial charge in [-0.1, -0.05) is 17.7 Å². The zero-order valence-corrected chi connectivity index (χ0v) is 15.7. The fourth-order valence-electron chi connectivity index (χ4n) is 3.67. The van der Waals surface area contributed by atoms with E-state index in [0.717, 1.165) is 37.9 Å². The molecule has 0 bridgehead atoms. The molecule has 2 aliphatic rings.